The van der Waals surface area contributed by atoms with E-state index in [-0.39, 0.29) is 0 Å². The zero-order chi connectivity index (χ0) is 14.8. The number of thiophene rings is 1. The Morgan fingerprint density at radius 2 is 1.76 bits per heavy atom. The van der Waals surface area contributed by atoms with Gasteiger partial charge in [-0.25, -0.2) is 9.97 Å². The lowest BCUT2D eigenvalue weighted by molar-refractivity contribution is 0.849. The highest BCUT2D eigenvalue weighted by Gasteiger charge is 2.17. The van der Waals surface area contributed by atoms with Crippen LogP contribution in [0.3, 0.4) is 0 Å². The number of aromatic nitrogens is 2. The topological polar surface area (TPSA) is 29.0 Å². The van der Waals surface area contributed by atoms with Crippen LogP contribution in [-0.2, 0) is 0 Å². The average Bonchev–Trinajstić information content (AvgIpc) is 2.87. The fourth-order valence-corrected chi connectivity index (χ4v) is 3.83. The van der Waals surface area contributed by atoms with Crippen LogP contribution in [0.2, 0.25) is 0 Å². The van der Waals surface area contributed by atoms with Gasteiger partial charge in [0.2, 0.25) is 0 Å². The molecule has 0 saturated heterocycles. The van der Waals surface area contributed by atoms with Crippen LogP contribution in [0.1, 0.15) is 19.4 Å². The van der Waals surface area contributed by atoms with Crippen molar-refractivity contribution in [3.8, 4) is 10.4 Å². The SMILES string of the molecule is CCN(CC)c1ncnc2sc(-c3ccccc3)c(C)c12. The maximum Gasteiger partial charge on any atom is 0.141 e. The van der Waals surface area contributed by atoms with Gasteiger partial charge in [-0.3, -0.25) is 0 Å². The summed E-state index contributed by atoms with van der Waals surface area (Å²) in [6.45, 7) is 8.42. The molecule has 2 aromatic heterocycles. The monoisotopic (exact) mass is 297 g/mol. The Labute approximate surface area is 129 Å². The lowest BCUT2D eigenvalue weighted by atomic mass is 10.1. The van der Waals surface area contributed by atoms with Gasteiger partial charge in [-0.15, -0.1) is 11.3 Å². The Morgan fingerprint density at radius 3 is 2.43 bits per heavy atom. The predicted octanol–water partition coefficient (Wildman–Crippen LogP) is 4.51. The summed E-state index contributed by atoms with van der Waals surface area (Å²) in [7, 11) is 0. The summed E-state index contributed by atoms with van der Waals surface area (Å²) in [5.74, 6) is 1.06. The van der Waals surface area contributed by atoms with Crippen molar-refractivity contribution in [3.05, 3.63) is 42.2 Å². The minimum atomic E-state index is 0.957. The Balaban J connectivity index is 2.24. The number of fused-ring (bicyclic) bond motifs is 1. The second kappa shape index (κ2) is 5.82. The van der Waals surface area contributed by atoms with Gasteiger partial charge in [-0.2, -0.15) is 0 Å². The number of hydrogen-bond donors (Lipinski definition) is 0. The third-order valence-corrected chi connectivity index (χ3v) is 5.05. The van der Waals surface area contributed by atoms with E-state index in [1.165, 1.54) is 21.4 Å². The zero-order valence-electron chi connectivity index (χ0n) is 12.6. The van der Waals surface area contributed by atoms with E-state index < -0.39 is 0 Å². The van der Waals surface area contributed by atoms with Crippen molar-refractivity contribution in [3.63, 3.8) is 0 Å². The van der Waals surface area contributed by atoms with Crippen LogP contribution in [-0.4, -0.2) is 23.1 Å². The molecule has 0 spiro atoms. The lowest BCUT2D eigenvalue weighted by Gasteiger charge is -2.20. The Kier molecular flexibility index (Phi) is 3.88. The van der Waals surface area contributed by atoms with Crippen molar-refractivity contribution in [2.24, 2.45) is 0 Å². The predicted molar refractivity (Wildman–Crippen MR) is 91.1 cm³/mol. The molecule has 0 fully saturated rings. The van der Waals surface area contributed by atoms with Gasteiger partial charge in [0.05, 0.1) is 5.39 Å². The average molecular weight is 297 g/mol. The number of anilines is 1. The Hall–Kier alpha value is -1.94. The van der Waals surface area contributed by atoms with Gasteiger partial charge in [-0.05, 0) is 31.9 Å². The molecule has 3 rings (SSSR count). The third kappa shape index (κ3) is 2.40. The largest absolute Gasteiger partial charge is 0.357 e. The molecule has 2 heterocycles. The van der Waals surface area contributed by atoms with Crippen LogP contribution in [0.25, 0.3) is 20.7 Å². The summed E-state index contributed by atoms with van der Waals surface area (Å²) >= 11 is 1.75. The molecule has 0 atom stereocenters. The highest BCUT2D eigenvalue weighted by atomic mass is 32.1. The third-order valence-electron chi connectivity index (χ3n) is 3.81. The molecule has 0 aliphatic heterocycles. The first kappa shape index (κ1) is 14.0. The van der Waals surface area contributed by atoms with Crippen molar-refractivity contribution >= 4 is 27.4 Å². The van der Waals surface area contributed by atoms with Crippen LogP contribution in [0.4, 0.5) is 5.82 Å². The second-order valence-corrected chi connectivity index (χ2v) is 5.97. The van der Waals surface area contributed by atoms with Crippen LogP contribution >= 0.6 is 11.3 Å². The fourth-order valence-electron chi connectivity index (χ4n) is 2.68. The first-order valence-corrected chi connectivity index (χ1v) is 8.12. The summed E-state index contributed by atoms with van der Waals surface area (Å²) in [4.78, 5) is 13.7. The van der Waals surface area contributed by atoms with E-state index >= 15 is 0 Å². The van der Waals surface area contributed by atoms with Crippen molar-refractivity contribution < 1.29 is 0 Å². The van der Waals surface area contributed by atoms with E-state index in [4.69, 9.17) is 0 Å². The van der Waals surface area contributed by atoms with Gasteiger partial charge in [0, 0.05) is 18.0 Å². The minimum Gasteiger partial charge on any atom is -0.357 e. The molecule has 3 nitrogen and oxygen atoms in total. The number of nitrogens with zero attached hydrogens (tertiary/aromatic N) is 3. The van der Waals surface area contributed by atoms with E-state index in [0.717, 1.165) is 23.7 Å². The number of benzene rings is 1. The van der Waals surface area contributed by atoms with E-state index in [0.29, 0.717) is 0 Å². The summed E-state index contributed by atoms with van der Waals surface area (Å²) < 4.78 is 0. The van der Waals surface area contributed by atoms with Gasteiger partial charge in [0.25, 0.3) is 0 Å². The normalized spacial score (nSPS) is 11.0. The Morgan fingerprint density at radius 1 is 1.05 bits per heavy atom. The van der Waals surface area contributed by atoms with Crippen LogP contribution in [0, 0.1) is 6.92 Å². The fraction of sp³-hybridized carbons (Fsp3) is 0.294. The highest BCUT2D eigenvalue weighted by Crippen LogP contribution is 2.40. The molecule has 0 aliphatic carbocycles. The summed E-state index contributed by atoms with van der Waals surface area (Å²) in [6.07, 6.45) is 1.68. The molecule has 3 aromatic rings. The lowest BCUT2D eigenvalue weighted by Crippen LogP contribution is -2.23. The smallest absolute Gasteiger partial charge is 0.141 e. The summed E-state index contributed by atoms with van der Waals surface area (Å²) in [5.41, 5.74) is 2.53. The molecule has 1 aromatic carbocycles. The van der Waals surface area contributed by atoms with Gasteiger partial charge >= 0.3 is 0 Å². The van der Waals surface area contributed by atoms with E-state index in [1.54, 1.807) is 17.7 Å². The van der Waals surface area contributed by atoms with Gasteiger partial charge < -0.3 is 4.90 Å². The Bertz CT molecular complexity index is 745. The number of rotatable bonds is 4. The molecule has 0 bridgehead atoms. The second-order valence-electron chi connectivity index (χ2n) is 4.97. The zero-order valence-corrected chi connectivity index (χ0v) is 13.4. The quantitative estimate of drug-likeness (QED) is 0.709. The molecule has 0 aliphatic rings. The van der Waals surface area contributed by atoms with Gasteiger partial charge in [-0.1, -0.05) is 30.3 Å². The van der Waals surface area contributed by atoms with Crippen molar-refractivity contribution in [2.75, 3.05) is 18.0 Å². The number of hydrogen-bond acceptors (Lipinski definition) is 4. The molecule has 21 heavy (non-hydrogen) atoms. The molecule has 0 radical (unpaired) electrons. The first-order chi connectivity index (χ1) is 10.3. The van der Waals surface area contributed by atoms with Crippen LogP contribution in [0.5, 0.6) is 0 Å². The molecule has 4 heteroatoms. The van der Waals surface area contributed by atoms with Crippen molar-refractivity contribution in [1.82, 2.24) is 9.97 Å². The molecular formula is C17H19N3S. The van der Waals surface area contributed by atoms with Gasteiger partial charge in [0.15, 0.2) is 0 Å². The van der Waals surface area contributed by atoms with Crippen LogP contribution in [0.15, 0.2) is 36.7 Å². The maximum absolute atomic E-state index is 4.54. The highest BCUT2D eigenvalue weighted by molar-refractivity contribution is 7.22. The summed E-state index contributed by atoms with van der Waals surface area (Å²) in [5, 5.41) is 1.20. The van der Waals surface area contributed by atoms with Gasteiger partial charge in [0.1, 0.15) is 17.0 Å². The molecular weight excluding hydrogens is 278 g/mol. The molecule has 0 unspecified atom stereocenters. The molecule has 108 valence electrons. The molecule has 0 saturated carbocycles. The van der Waals surface area contributed by atoms with E-state index in [9.17, 15) is 0 Å². The van der Waals surface area contributed by atoms with E-state index in [2.05, 4.69) is 59.9 Å². The number of aryl methyl sites for hydroxylation is 1. The van der Waals surface area contributed by atoms with Crippen molar-refractivity contribution in [1.29, 1.82) is 0 Å². The minimum absolute atomic E-state index is 0.957. The first-order valence-electron chi connectivity index (χ1n) is 7.30. The molecule has 0 amide bonds. The maximum atomic E-state index is 4.54. The van der Waals surface area contributed by atoms with Crippen molar-refractivity contribution in [2.45, 2.75) is 20.8 Å². The molecule has 0 N–H and O–H groups in total. The standard InChI is InChI=1S/C17H19N3S/c1-4-20(5-2)16-14-12(3)15(13-9-7-6-8-10-13)21-17(14)19-11-18-16/h6-11H,4-5H2,1-3H3. The summed E-state index contributed by atoms with van der Waals surface area (Å²) in [6, 6.07) is 10.5. The van der Waals surface area contributed by atoms with Crippen LogP contribution < -0.4 is 4.90 Å². The van der Waals surface area contributed by atoms with E-state index in [1.807, 2.05) is 6.07 Å².